The average Bonchev–Trinajstić information content (AvgIpc) is 2.94. The third-order valence-corrected chi connectivity index (χ3v) is 5.30. The minimum absolute atomic E-state index is 0.0485. The van der Waals surface area contributed by atoms with Crippen LogP contribution in [0.4, 0.5) is 5.69 Å². The molecule has 0 saturated carbocycles. The molecule has 1 aromatic carbocycles. The number of nitrogens with zero attached hydrogens (tertiary/aromatic N) is 5. The van der Waals surface area contributed by atoms with Crippen LogP contribution in [0.25, 0.3) is 11.0 Å². The number of hydrogen-bond donors (Lipinski definition) is 0. The monoisotopic (exact) mass is 383 g/mol. The number of benzene rings is 1. The van der Waals surface area contributed by atoms with Gasteiger partial charge in [0.2, 0.25) is 0 Å². The second kappa shape index (κ2) is 6.85. The first-order valence-electron chi connectivity index (χ1n) is 9.05. The number of amides is 1. The topological polar surface area (TPSA) is 54.3 Å². The molecule has 0 spiro atoms. The Morgan fingerprint density at radius 1 is 1.11 bits per heavy atom. The summed E-state index contributed by atoms with van der Waals surface area (Å²) in [6.07, 6.45) is 0. The molecule has 3 aromatic rings. The predicted molar refractivity (Wildman–Crippen MR) is 108 cm³/mol. The van der Waals surface area contributed by atoms with Crippen LogP contribution in [0.5, 0.6) is 0 Å². The fraction of sp³-hybridized carbons (Fsp3) is 0.350. The van der Waals surface area contributed by atoms with Gasteiger partial charge in [-0.2, -0.15) is 5.10 Å². The normalized spacial score (nSPS) is 14.8. The van der Waals surface area contributed by atoms with Crippen molar-refractivity contribution in [3.63, 3.8) is 0 Å². The van der Waals surface area contributed by atoms with Crippen molar-refractivity contribution in [3.8, 4) is 0 Å². The molecule has 7 heteroatoms. The van der Waals surface area contributed by atoms with E-state index >= 15 is 0 Å². The molecule has 27 heavy (non-hydrogen) atoms. The molecule has 1 saturated heterocycles. The molecule has 0 unspecified atom stereocenters. The van der Waals surface area contributed by atoms with Gasteiger partial charge >= 0.3 is 0 Å². The lowest BCUT2D eigenvalue weighted by Gasteiger charge is -2.36. The molecule has 0 bridgehead atoms. The van der Waals surface area contributed by atoms with Gasteiger partial charge in [-0.1, -0.05) is 17.7 Å². The number of rotatable bonds is 2. The highest BCUT2D eigenvalue weighted by atomic mass is 35.5. The maximum atomic E-state index is 13.2. The summed E-state index contributed by atoms with van der Waals surface area (Å²) in [6.45, 7) is 6.75. The minimum Gasteiger partial charge on any atom is -0.368 e. The summed E-state index contributed by atoms with van der Waals surface area (Å²) in [4.78, 5) is 22.0. The molecule has 0 radical (unpaired) electrons. The van der Waals surface area contributed by atoms with E-state index in [1.807, 2.05) is 50.1 Å². The van der Waals surface area contributed by atoms with Crippen molar-refractivity contribution >= 4 is 34.2 Å². The highest BCUT2D eigenvalue weighted by molar-refractivity contribution is 6.30. The molecule has 4 rings (SSSR count). The Morgan fingerprint density at radius 3 is 2.56 bits per heavy atom. The van der Waals surface area contributed by atoms with Crippen LogP contribution >= 0.6 is 11.6 Å². The van der Waals surface area contributed by atoms with Crippen molar-refractivity contribution in [1.29, 1.82) is 0 Å². The van der Waals surface area contributed by atoms with Gasteiger partial charge in [0, 0.05) is 49.6 Å². The summed E-state index contributed by atoms with van der Waals surface area (Å²) in [5, 5.41) is 6.02. The zero-order valence-corrected chi connectivity index (χ0v) is 16.5. The summed E-state index contributed by atoms with van der Waals surface area (Å²) in [5.41, 5.74) is 4.21. The number of aromatic nitrogens is 3. The van der Waals surface area contributed by atoms with E-state index in [1.165, 1.54) is 0 Å². The number of carbonyl (C=O) groups excluding carboxylic acids is 1. The van der Waals surface area contributed by atoms with Gasteiger partial charge in [-0.3, -0.25) is 9.48 Å². The van der Waals surface area contributed by atoms with Gasteiger partial charge in [0.05, 0.1) is 16.6 Å². The highest BCUT2D eigenvalue weighted by Gasteiger charge is 2.26. The van der Waals surface area contributed by atoms with Crippen LogP contribution in [0.2, 0.25) is 5.02 Å². The highest BCUT2D eigenvalue weighted by Crippen LogP contribution is 2.25. The van der Waals surface area contributed by atoms with Crippen LogP contribution in [0.1, 0.15) is 21.7 Å². The predicted octanol–water partition coefficient (Wildman–Crippen LogP) is 3.20. The zero-order valence-electron chi connectivity index (χ0n) is 15.7. The van der Waals surface area contributed by atoms with Crippen LogP contribution < -0.4 is 4.90 Å². The first kappa shape index (κ1) is 17.8. The summed E-state index contributed by atoms with van der Waals surface area (Å²) in [5.74, 6) is 0.0485. The number of anilines is 1. The lowest BCUT2D eigenvalue weighted by Crippen LogP contribution is -2.48. The standard InChI is InChI=1S/C20H22ClN5O/c1-13-11-17(18-14(2)23-24(3)19(18)22-13)20(27)26-9-7-25(8-10-26)16-6-4-5-15(21)12-16/h4-6,11-12H,7-10H2,1-3H3. The number of carbonyl (C=O) groups is 1. The molecular formula is C20H22ClN5O. The molecule has 1 aliphatic rings. The van der Waals surface area contributed by atoms with E-state index in [0.29, 0.717) is 18.7 Å². The Labute approximate surface area is 163 Å². The molecule has 3 heterocycles. The lowest BCUT2D eigenvalue weighted by atomic mass is 10.1. The fourth-order valence-electron chi connectivity index (χ4n) is 3.75. The zero-order chi connectivity index (χ0) is 19.1. The molecule has 6 nitrogen and oxygen atoms in total. The fourth-order valence-corrected chi connectivity index (χ4v) is 3.93. The summed E-state index contributed by atoms with van der Waals surface area (Å²) in [6, 6.07) is 9.73. The third kappa shape index (κ3) is 3.25. The van der Waals surface area contributed by atoms with E-state index in [4.69, 9.17) is 11.6 Å². The van der Waals surface area contributed by atoms with Gasteiger partial charge in [-0.15, -0.1) is 0 Å². The van der Waals surface area contributed by atoms with E-state index in [1.54, 1.807) is 4.68 Å². The van der Waals surface area contributed by atoms with Gasteiger partial charge in [0.25, 0.3) is 5.91 Å². The molecule has 1 amide bonds. The van der Waals surface area contributed by atoms with Gasteiger partial charge in [0.15, 0.2) is 5.65 Å². The van der Waals surface area contributed by atoms with Crippen LogP contribution in [0.15, 0.2) is 30.3 Å². The quantitative estimate of drug-likeness (QED) is 0.682. The average molecular weight is 384 g/mol. The SMILES string of the molecule is Cc1cc(C(=O)N2CCN(c3cccc(Cl)c3)CC2)c2c(C)nn(C)c2n1. The van der Waals surface area contributed by atoms with Crippen molar-refractivity contribution in [2.45, 2.75) is 13.8 Å². The molecule has 0 atom stereocenters. The Bertz CT molecular complexity index is 1020. The number of hydrogen-bond acceptors (Lipinski definition) is 4. The number of halogens is 1. The molecule has 1 aliphatic heterocycles. The van der Waals surface area contributed by atoms with Gasteiger partial charge in [-0.05, 0) is 38.1 Å². The van der Waals surface area contributed by atoms with E-state index < -0.39 is 0 Å². The Kier molecular flexibility index (Phi) is 4.52. The maximum Gasteiger partial charge on any atom is 0.254 e. The lowest BCUT2D eigenvalue weighted by molar-refractivity contribution is 0.0748. The third-order valence-electron chi connectivity index (χ3n) is 5.07. The molecular weight excluding hydrogens is 362 g/mol. The Morgan fingerprint density at radius 2 is 1.85 bits per heavy atom. The van der Waals surface area contributed by atoms with Gasteiger partial charge in [-0.25, -0.2) is 4.98 Å². The number of piperazine rings is 1. The molecule has 140 valence electrons. The second-order valence-electron chi connectivity index (χ2n) is 6.98. The number of fused-ring (bicyclic) bond motifs is 1. The van der Waals surface area contributed by atoms with Crippen molar-refractivity contribution < 1.29 is 4.79 Å². The first-order chi connectivity index (χ1) is 12.9. The first-order valence-corrected chi connectivity index (χ1v) is 9.42. The second-order valence-corrected chi connectivity index (χ2v) is 7.41. The molecule has 0 N–H and O–H groups in total. The van der Waals surface area contributed by atoms with Crippen LogP contribution in [-0.4, -0.2) is 51.8 Å². The molecule has 0 aliphatic carbocycles. The molecule has 1 fully saturated rings. The maximum absolute atomic E-state index is 13.2. The van der Waals surface area contributed by atoms with Crippen molar-refractivity contribution in [2.75, 3.05) is 31.1 Å². The van der Waals surface area contributed by atoms with E-state index in [-0.39, 0.29) is 5.91 Å². The van der Waals surface area contributed by atoms with E-state index in [9.17, 15) is 4.79 Å². The smallest absolute Gasteiger partial charge is 0.254 e. The summed E-state index contributed by atoms with van der Waals surface area (Å²) in [7, 11) is 1.86. The van der Waals surface area contributed by atoms with Crippen LogP contribution in [-0.2, 0) is 7.05 Å². The largest absolute Gasteiger partial charge is 0.368 e. The van der Waals surface area contributed by atoms with Gasteiger partial charge < -0.3 is 9.80 Å². The van der Waals surface area contributed by atoms with Gasteiger partial charge in [0.1, 0.15) is 0 Å². The van der Waals surface area contributed by atoms with E-state index in [0.717, 1.165) is 46.2 Å². The number of aryl methyl sites for hydroxylation is 3. The van der Waals surface area contributed by atoms with Crippen LogP contribution in [0, 0.1) is 13.8 Å². The summed E-state index contributed by atoms with van der Waals surface area (Å²) >= 11 is 6.11. The van der Waals surface area contributed by atoms with Crippen molar-refractivity contribution in [1.82, 2.24) is 19.7 Å². The van der Waals surface area contributed by atoms with E-state index in [2.05, 4.69) is 21.0 Å². The Balaban J connectivity index is 1.57. The van der Waals surface area contributed by atoms with Crippen molar-refractivity contribution in [3.05, 3.63) is 52.3 Å². The van der Waals surface area contributed by atoms with Crippen molar-refractivity contribution in [2.24, 2.45) is 7.05 Å². The summed E-state index contributed by atoms with van der Waals surface area (Å²) < 4.78 is 1.74. The van der Waals surface area contributed by atoms with Crippen LogP contribution in [0.3, 0.4) is 0 Å². The molecule has 2 aromatic heterocycles. The minimum atomic E-state index is 0.0485. The number of pyridine rings is 1. The Hall–Kier alpha value is -2.60.